The van der Waals surface area contributed by atoms with Gasteiger partial charge in [0.2, 0.25) is 0 Å². The van der Waals surface area contributed by atoms with Crippen LogP contribution in [0.1, 0.15) is 0 Å². The summed E-state index contributed by atoms with van der Waals surface area (Å²) in [4.78, 5) is 3.99. The molecule has 2 N–H and O–H groups in total. The van der Waals surface area contributed by atoms with Crippen molar-refractivity contribution in [2.45, 2.75) is 0 Å². The molecule has 0 bridgehead atoms. The summed E-state index contributed by atoms with van der Waals surface area (Å²) in [6.07, 6.45) is 5.39. The summed E-state index contributed by atoms with van der Waals surface area (Å²) in [7, 11) is 0. The Morgan fingerprint density at radius 1 is 1.40 bits per heavy atom. The largest absolute Gasteiger partial charge is 0.492 e. The summed E-state index contributed by atoms with van der Waals surface area (Å²) in [5.74, 6) is 0.826. The topological polar surface area (TPSA) is 53.1 Å². The second-order valence-electron chi connectivity index (χ2n) is 3.10. The standard InChI is InChI=1S/C11H13N3O/c12-4-7-15-11-3-1-2-10(8-11)14-6-5-13-9-14/h1-3,5-6,8-9H,4,7,12H2. The van der Waals surface area contributed by atoms with E-state index in [4.69, 9.17) is 10.5 Å². The van der Waals surface area contributed by atoms with Crippen LogP contribution in [0.15, 0.2) is 43.0 Å². The molecule has 0 amide bonds. The third-order valence-electron chi connectivity index (χ3n) is 2.01. The first kappa shape index (κ1) is 9.73. The van der Waals surface area contributed by atoms with Crippen LogP contribution in [0.2, 0.25) is 0 Å². The van der Waals surface area contributed by atoms with Crippen molar-refractivity contribution >= 4 is 0 Å². The van der Waals surface area contributed by atoms with Crippen LogP contribution >= 0.6 is 0 Å². The van der Waals surface area contributed by atoms with E-state index in [0.29, 0.717) is 13.2 Å². The molecular formula is C11H13N3O. The Morgan fingerprint density at radius 3 is 3.07 bits per heavy atom. The first-order valence-corrected chi connectivity index (χ1v) is 4.81. The number of hydrogen-bond donors (Lipinski definition) is 1. The minimum atomic E-state index is 0.523. The molecule has 0 unspecified atom stereocenters. The summed E-state index contributed by atoms with van der Waals surface area (Å²) in [5.41, 5.74) is 6.40. The fourth-order valence-electron chi connectivity index (χ4n) is 1.32. The van der Waals surface area contributed by atoms with Gasteiger partial charge in [-0.1, -0.05) is 6.07 Å². The zero-order chi connectivity index (χ0) is 10.5. The zero-order valence-corrected chi connectivity index (χ0v) is 8.34. The highest BCUT2D eigenvalue weighted by molar-refractivity contribution is 5.39. The highest BCUT2D eigenvalue weighted by atomic mass is 16.5. The molecule has 0 atom stereocenters. The number of hydrogen-bond acceptors (Lipinski definition) is 3. The van der Waals surface area contributed by atoms with Crippen LogP contribution in [-0.2, 0) is 0 Å². The third-order valence-corrected chi connectivity index (χ3v) is 2.01. The van der Waals surface area contributed by atoms with Gasteiger partial charge < -0.3 is 15.0 Å². The third kappa shape index (κ3) is 2.35. The van der Waals surface area contributed by atoms with Crippen LogP contribution in [-0.4, -0.2) is 22.7 Å². The van der Waals surface area contributed by atoms with Crippen LogP contribution in [0.3, 0.4) is 0 Å². The van der Waals surface area contributed by atoms with E-state index in [9.17, 15) is 0 Å². The predicted molar refractivity (Wildman–Crippen MR) is 58.1 cm³/mol. The fourth-order valence-corrected chi connectivity index (χ4v) is 1.32. The molecule has 0 fully saturated rings. The van der Waals surface area contributed by atoms with E-state index in [0.717, 1.165) is 11.4 Å². The van der Waals surface area contributed by atoms with Gasteiger partial charge >= 0.3 is 0 Å². The molecule has 1 aromatic heterocycles. The Bertz CT molecular complexity index is 412. The van der Waals surface area contributed by atoms with Crippen molar-refractivity contribution in [1.82, 2.24) is 9.55 Å². The molecule has 4 nitrogen and oxygen atoms in total. The molecule has 0 saturated carbocycles. The predicted octanol–water partition coefficient (Wildman–Crippen LogP) is 1.21. The van der Waals surface area contributed by atoms with Gasteiger partial charge in [0.05, 0.1) is 12.0 Å². The van der Waals surface area contributed by atoms with Crippen LogP contribution in [0.5, 0.6) is 5.75 Å². The molecule has 0 aliphatic carbocycles. The summed E-state index contributed by atoms with van der Waals surface area (Å²) in [6.45, 7) is 1.06. The molecular weight excluding hydrogens is 190 g/mol. The van der Waals surface area contributed by atoms with Gasteiger partial charge in [0.1, 0.15) is 12.4 Å². The van der Waals surface area contributed by atoms with Gasteiger partial charge in [-0.25, -0.2) is 4.98 Å². The number of rotatable bonds is 4. The minimum Gasteiger partial charge on any atom is -0.492 e. The molecule has 0 radical (unpaired) electrons. The number of nitrogens with zero attached hydrogens (tertiary/aromatic N) is 2. The molecule has 0 saturated heterocycles. The van der Waals surface area contributed by atoms with Gasteiger partial charge in [-0.3, -0.25) is 0 Å². The molecule has 0 aliphatic rings. The summed E-state index contributed by atoms with van der Waals surface area (Å²) < 4.78 is 7.36. The van der Waals surface area contributed by atoms with Crippen molar-refractivity contribution in [2.75, 3.05) is 13.2 Å². The Balaban J connectivity index is 2.19. The average Bonchev–Trinajstić information content (AvgIpc) is 2.80. The summed E-state index contributed by atoms with van der Waals surface area (Å²) >= 11 is 0. The van der Waals surface area contributed by atoms with Crippen molar-refractivity contribution in [3.05, 3.63) is 43.0 Å². The SMILES string of the molecule is NCCOc1cccc(-n2ccnc2)c1. The van der Waals surface area contributed by atoms with Crippen LogP contribution < -0.4 is 10.5 Å². The maximum atomic E-state index is 5.44. The van der Waals surface area contributed by atoms with Gasteiger partial charge in [0.25, 0.3) is 0 Å². The average molecular weight is 203 g/mol. The van der Waals surface area contributed by atoms with E-state index in [1.54, 1.807) is 12.5 Å². The van der Waals surface area contributed by atoms with Crippen molar-refractivity contribution < 1.29 is 4.74 Å². The molecule has 0 aliphatic heterocycles. The zero-order valence-electron chi connectivity index (χ0n) is 8.34. The monoisotopic (exact) mass is 203 g/mol. The molecule has 1 heterocycles. The van der Waals surface area contributed by atoms with Crippen molar-refractivity contribution in [3.8, 4) is 11.4 Å². The highest BCUT2D eigenvalue weighted by Crippen LogP contribution is 2.16. The maximum Gasteiger partial charge on any atom is 0.121 e. The van der Waals surface area contributed by atoms with Gasteiger partial charge in [-0.15, -0.1) is 0 Å². The van der Waals surface area contributed by atoms with Gasteiger partial charge in [-0.2, -0.15) is 0 Å². The molecule has 2 aromatic rings. The Hall–Kier alpha value is -1.81. The molecule has 78 valence electrons. The van der Waals surface area contributed by atoms with Gasteiger partial charge in [-0.05, 0) is 12.1 Å². The Labute approximate surface area is 88.3 Å². The Kier molecular flexibility index (Phi) is 2.99. The van der Waals surface area contributed by atoms with Crippen LogP contribution in [0.4, 0.5) is 0 Å². The molecule has 15 heavy (non-hydrogen) atoms. The number of ether oxygens (including phenoxy) is 1. The highest BCUT2D eigenvalue weighted by Gasteiger charge is 1.97. The fraction of sp³-hybridized carbons (Fsp3) is 0.182. The minimum absolute atomic E-state index is 0.523. The van der Waals surface area contributed by atoms with E-state index in [1.165, 1.54) is 0 Å². The molecule has 4 heteroatoms. The second kappa shape index (κ2) is 4.61. The first-order valence-electron chi connectivity index (χ1n) is 4.81. The smallest absolute Gasteiger partial charge is 0.121 e. The Morgan fingerprint density at radius 2 is 2.33 bits per heavy atom. The van der Waals surface area contributed by atoms with E-state index in [1.807, 2.05) is 35.0 Å². The van der Waals surface area contributed by atoms with E-state index < -0.39 is 0 Å². The lowest BCUT2D eigenvalue weighted by Crippen LogP contribution is -2.10. The molecule has 2 rings (SSSR count). The lowest BCUT2D eigenvalue weighted by atomic mass is 10.3. The summed E-state index contributed by atoms with van der Waals surface area (Å²) in [6, 6.07) is 7.81. The molecule has 0 spiro atoms. The lowest BCUT2D eigenvalue weighted by molar-refractivity contribution is 0.328. The quantitative estimate of drug-likeness (QED) is 0.812. The number of benzene rings is 1. The number of nitrogens with two attached hydrogens (primary N) is 1. The van der Waals surface area contributed by atoms with Crippen molar-refractivity contribution in [2.24, 2.45) is 5.73 Å². The normalized spacial score (nSPS) is 10.2. The summed E-state index contributed by atoms with van der Waals surface area (Å²) in [5, 5.41) is 0. The molecule has 1 aromatic carbocycles. The van der Waals surface area contributed by atoms with Crippen LogP contribution in [0, 0.1) is 0 Å². The van der Waals surface area contributed by atoms with Crippen molar-refractivity contribution in [1.29, 1.82) is 0 Å². The first-order chi connectivity index (χ1) is 7.40. The van der Waals surface area contributed by atoms with Crippen LogP contribution in [0.25, 0.3) is 5.69 Å². The lowest BCUT2D eigenvalue weighted by Gasteiger charge is -2.07. The number of imidazole rings is 1. The maximum absolute atomic E-state index is 5.44. The van der Waals surface area contributed by atoms with Gasteiger partial charge in [0, 0.05) is 25.0 Å². The van der Waals surface area contributed by atoms with Crippen molar-refractivity contribution in [3.63, 3.8) is 0 Å². The number of aromatic nitrogens is 2. The van der Waals surface area contributed by atoms with Gasteiger partial charge in [0.15, 0.2) is 0 Å². The van der Waals surface area contributed by atoms with E-state index in [2.05, 4.69) is 4.98 Å². The van der Waals surface area contributed by atoms with E-state index >= 15 is 0 Å². The second-order valence-corrected chi connectivity index (χ2v) is 3.10. The van der Waals surface area contributed by atoms with E-state index in [-0.39, 0.29) is 0 Å².